The summed E-state index contributed by atoms with van der Waals surface area (Å²) < 4.78 is 21.8. The molecule has 0 saturated heterocycles. The monoisotopic (exact) mass is 508 g/mol. The summed E-state index contributed by atoms with van der Waals surface area (Å²) in [5.74, 6) is 0.824. The molecule has 2 aromatic heterocycles. The number of nitrogens with zero attached hydrogens (tertiary/aromatic N) is 2. The summed E-state index contributed by atoms with van der Waals surface area (Å²) in [7, 11) is -1.08. The Balaban J connectivity index is 1.57. The van der Waals surface area contributed by atoms with Gasteiger partial charge in [0, 0.05) is 30.3 Å². The largest absolute Gasteiger partial charge is 0.420 e. The molecule has 0 aliphatic heterocycles. The van der Waals surface area contributed by atoms with Crippen LogP contribution in [0.3, 0.4) is 0 Å². The predicted octanol–water partition coefficient (Wildman–Crippen LogP) is 6.93. The first-order chi connectivity index (χ1) is 17.0. The van der Waals surface area contributed by atoms with Crippen LogP contribution in [-0.4, -0.2) is 25.2 Å². The zero-order valence-electron chi connectivity index (χ0n) is 22.7. The maximum absolute atomic E-state index is 13.6. The molecule has 6 heteroatoms. The summed E-state index contributed by atoms with van der Waals surface area (Å²) >= 11 is 0. The maximum Gasteiger partial charge on any atom is 0.194 e. The summed E-state index contributed by atoms with van der Waals surface area (Å²) in [5, 5.41) is 0.614. The van der Waals surface area contributed by atoms with E-state index in [1.54, 1.807) is 18.3 Å². The molecule has 0 N–H and O–H groups in total. The van der Waals surface area contributed by atoms with Gasteiger partial charge in [-0.05, 0) is 104 Å². The lowest BCUT2D eigenvalue weighted by atomic mass is 9.57. The van der Waals surface area contributed by atoms with Crippen molar-refractivity contribution in [2.45, 2.75) is 72.9 Å². The highest BCUT2D eigenvalue weighted by Crippen LogP contribution is 2.51. The van der Waals surface area contributed by atoms with Gasteiger partial charge >= 0.3 is 0 Å². The van der Waals surface area contributed by atoms with Crippen LogP contribution in [0, 0.1) is 28.5 Å². The normalized spacial score (nSPS) is 20.6. The van der Waals surface area contributed by atoms with Gasteiger partial charge in [-0.1, -0.05) is 27.7 Å². The quantitative estimate of drug-likeness (QED) is 0.325. The minimum atomic E-state index is -1.08. The molecule has 4 nitrogen and oxygen atoms in total. The van der Waals surface area contributed by atoms with E-state index in [4.69, 9.17) is 4.43 Å². The molecule has 1 aromatic carbocycles. The fraction of sp³-hybridized carbons (Fsp3) is 0.533. The van der Waals surface area contributed by atoms with Crippen molar-refractivity contribution in [2.75, 3.05) is 6.61 Å². The number of hydrogen-bond donors (Lipinski definition) is 0. The average molecular weight is 509 g/mol. The molecule has 4 rings (SSSR count). The van der Waals surface area contributed by atoms with Crippen molar-refractivity contribution in [1.29, 1.82) is 0 Å². The van der Waals surface area contributed by atoms with Crippen molar-refractivity contribution in [3.05, 3.63) is 70.4 Å². The van der Waals surface area contributed by atoms with Crippen LogP contribution >= 0.6 is 0 Å². The van der Waals surface area contributed by atoms with Crippen LogP contribution < -0.4 is 5.43 Å². The summed E-state index contributed by atoms with van der Waals surface area (Å²) in [4.78, 5) is 17.9. The third-order valence-electron chi connectivity index (χ3n) is 8.63. The van der Waals surface area contributed by atoms with Crippen molar-refractivity contribution in [2.24, 2.45) is 22.7 Å². The van der Waals surface area contributed by atoms with Gasteiger partial charge in [0.15, 0.2) is 14.5 Å². The van der Waals surface area contributed by atoms with Crippen LogP contribution in [0.2, 0.25) is 13.1 Å². The smallest absolute Gasteiger partial charge is 0.194 e. The lowest BCUT2D eigenvalue weighted by Gasteiger charge is -2.50. The average Bonchev–Trinajstić information content (AvgIpc) is 2.84. The number of pyridine rings is 2. The van der Waals surface area contributed by atoms with Crippen LogP contribution in [-0.2, 0) is 10.8 Å². The Labute approximate surface area is 216 Å². The molecule has 1 aliphatic rings. The molecule has 1 unspecified atom stereocenters. The first kappa shape index (κ1) is 26.7. The summed E-state index contributed by atoms with van der Waals surface area (Å²) in [5.41, 5.74) is 2.60. The van der Waals surface area contributed by atoms with Gasteiger partial charge in [-0.25, -0.2) is 9.37 Å². The SMILES string of the molecule is C[SiH](C)OCC(C)([C@H]1CC[C@H](Cc2cn(-c3ccc(F)cc3)c3ncccc3c2=O)CC1)C(C)(C)C. The van der Waals surface area contributed by atoms with Gasteiger partial charge in [-0.3, -0.25) is 4.79 Å². The Morgan fingerprint density at radius 2 is 1.72 bits per heavy atom. The third kappa shape index (κ3) is 5.50. The second-order valence-corrected chi connectivity index (χ2v) is 14.6. The Bertz CT molecular complexity index is 1240. The Kier molecular flexibility index (Phi) is 7.86. The highest BCUT2D eigenvalue weighted by Gasteiger charge is 2.45. The van der Waals surface area contributed by atoms with Crippen molar-refractivity contribution in [3.8, 4) is 5.69 Å². The van der Waals surface area contributed by atoms with Gasteiger partial charge in [0.05, 0.1) is 5.39 Å². The minimum absolute atomic E-state index is 0.0633. The van der Waals surface area contributed by atoms with Crippen LogP contribution in [0.25, 0.3) is 16.7 Å². The molecule has 0 radical (unpaired) electrons. The molecule has 0 bridgehead atoms. The number of aromatic nitrogens is 2. The molecule has 1 atom stereocenters. The number of fused-ring (bicyclic) bond motifs is 1. The fourth-order valence-electron chi connectivity index (χ4n) is 5.76. The Hall–Kier alpha value is -2.31. The van der Waals surface area contributed by atoms with Crippen LogP contribution in [0.4, 0.5) is 4.39 Å². The van der Waals surface area contributed by atoms with Crippen molar-refractivity contribution < 1.29 is 8.82 Å². The van der Waals surface area contributed by atoms with Gasteiger partial charge in [-0.2, -0.15) is 0 Å². The van der Waals surface area contributed by atoms with E-state index in [1.165, 1.54) is 25.0 Å². The minimum Gasteiger partial charge on any atom is -0.420 e. The predicted molar refractivity (Wildman–Crippen MR) is 149 cm³/mol. The van der Waals surface area contributed by atoms with Gasteiger partial charge < -0.3 is 8.99 Å². The molecule has 194 valence electrons. The van der Waals surface area contributed by atoms with Crippen molar-refractivity contribution >= 4 is 20.1 Å². The third-order valence-corrected chi connectivity index (χ3v) is 9.46. The van der Waals surface area contributed by atoms with E-state index in [-0.39, 0.29) is 22.1 Å². The van der Waals surface area contributed by atoms with Crippen LogP contribution in [0.5, 0.6) is 0 Å². The molecule has 1 saturated carbocycles. The number of rotatable bonds is 7. The topological polar surface area (TPSA) is 44.1 Å². The molecule has 1 aliphatic carbocycles. The van der Waals surface area contributed by atoms with E-state index < -0.39 is 9.04 Å². The fourth-order valence-corrected chi connectivity index (χ4v) is 6.44. The molecular formula is C30H41FN2O2Si. The zero-order chi connectivity index (χ0) is 26.1. The van der Waals surface area contributed by atoms with Crippen molar-refractivity contribution in [1.82, 2.24) is 9.55 Å². The second kappa shape index (κ2) is 10.6. The van der Waals surface area contributed by atoms with E-state index in [9.17, 15) is 9.18 Å². The lowest BCUT2D eigenvalue weighted by Crippen LogP contribution is -2.46. The van der Waals surface area contributed by atoms with E-state index in [2.05, 4.69) is 45.8 Å². The Morgan fingerprint density at radius 3 is 2.33 bits per heavy atom. The lowest BCUT2D eigenvalue weighted by molar-refractivity contribution is -0.0335. The van der Waals surface area contributed by atoms with Gasteiger partial charge in [-0.15, -0.1) is 0 Å². The van der Waals surface area contributed by atoms with Gasteiger partial charge in [0.1, 0.15) is 11.5 Å². The van der Waals surface area contributed by atoms with E-state index in [1.807, 2.05) is 22.9 Å². The number of hydrogen-bond acceptors (Lipinski definition) is 3. The maximum atomic E-state index is 13.6. The van der Waals surface area contributed by atoms with E-state index in [0.29, 0.717) is 22.9 Å². The van der Waals surface area contributed by atoms with Crippen LogP contribution in [0.15, 0.2) is 53.6 Å². The second-order valence-electron chi connectivity index (χ2n) is 12.2. The molecule has 1 fully saturated rings. The molecule has 2 heterocycles. The summed E-state index contributed by atoms with van der Waals surface area (Å²) in [6, 6.07) is 10.0. The van der Waals surface area contributed by atoms with Gasteiger partial charge in [0.25, 0.3) is 0 Å². The summed E-state index contributed by atoms with van der Waals surface area (Å²) in [6.45, 7) is 14.8. The first-order valence-electron chi connectivity index (χ1n) is 13.4. The first-order valence-corrected chi connectivity index (χ1v) is 16.1. The molecule has 0 amide bonds. The standard InChI is InChI=1S/C30H41FN2O2Si/c1-29(2,3)30(4,20-35-36(5)6)23-11-9-21(10-12-23)18-22-19-33(25-15-13-24(31)14-16-25)28-26(27(22)34)8-7-17-32-28/h7-8,13-17,19,21,23,36H,9-12,18,20H2,1-6H3/t21-,23-,30?. The highest BCUT2D eigenvalue weighted by molar-refractivity contribution is 6.48. The number of benzene rings is 1. The highest BCUT2D eigenvalue weighted by atomic mass is 28.3. The van der Waals surface area contributed by atoms with E-state index >= 15 is 0 Å². The zero-order valence-corrected chi connectivity index (χ0v) is 23.8. The summed E-state index contributed by atoms with van der Waals surface area (Å²) in [6.07, 6.45) is 8.97. The van der Waals surface area contributed by atoms with Crippen molar-refractivity contribution in [3.63, 3.8) is 0 Å². The van der Waals surface area contributed by atoms with Gasteiger partial charge in [0.2, 0.25) is 0 Å². The number of halogens is 1. The molecule has 0 spiro atoms. The Morgan fingerprint density at radius 1 is 1.06 bits per heavy atom. The molecule has 36 heavy (non-hydrogen) atoms. The van der Waals surface area contributed by atoms with Crippen LogP contribution in [0.1, 0.15) is 58.9 Å². The molecule has 3 aromatic rings. The molecular weight excluding hydrogens is 467 g/mol. The van der Waals surface area contributed by atoms with E-state index in [0.717, 1.165) is 37.1 Å².